The number of likely N-dealkylation sites (tertiary alicyclic amines) is 1. The summed E-state index contributed by atoms with van der Waals surface area (Å²) in [5, 5.41) is 13.9. The van der Waals surface area contributed by atoms with E-state index in [9.17, 15) is 36.0 Å². The summed E-state index contributed by atoms with van der Waals surface area (Å²) in [6.07, 6.45) is 0.462. The molecule has 4 rings (SSSR count). The van der Waals surface area contributed by atoms with Crippen LogP contribution in [0.25, 0.3) is 0 Å². The van der Waals surface area contributed by atoms with Crippen molar-refractivity contribution < 1.29 is 36.0 Å². The third-order valence-electron chi connectivity index (χ3n) is 8.18. The van der Waals surface area contributed by atoms with Crippen LogP contribution in [0.5, 0.6) is 0 Å². The Hall–Kier alpha value is -2.68. The molecular formula is C33H38F3IN2O5S. The van der Waals surface area contributed by atoms with Crippen LogP contribution in [0, 0.1) is 21.0 Å². The summed E-state index contributed by atoms with van der Waals surface area (Å²) in [4.78, 5) is 14.6. The number of carbonyl (C=O) groups is 1. The Labute approximate surface area is 276 Å². The fraction of sp³-hybridized carbons (Fsp3) is 0.424. The van der Waals surface area contributed by atoms with Crippen molar-refractivity contribution in [2.75, 3.05) is 18.4 Å². The minimum Gasteiger partial charge on any atom is -0.386 e. The highest BCUT2D eigenvalue weighted by molar-refractivity contribution is 14.1. The average Bonchev–Trinajstić information content (AvgIpc) is 2.92. The Morgan fingerprint density at radius 2 is 1.58 bits per heavy atom. The summed E-state index contributed by atoms with van der Waals surface area (Å²) in [6, 6.07) is 7.90. The summed E-state index contributed by atoms with van der Waals surface area (Å²) >= 11 is 1.91. The molecule has 0 unspecified atom stereocenters. The molecule has 1 saturated heterocycles. The van der Waals surface area contributed by atoms with Crippen LogP contribution in [0.1, 0.15) is 98.3 Å². The van der Waals surface area contributed by atoms with Gasteiger partial charge in [0.1, 0.15) is 16.3 Å². The van der Waals surface area contributed by atoms with Crippen molar-refractivity contribution in [3.63, 3.8) is 0 Å². The third kappa shape index (κ3) is 7.34. The first-order chi connectivity index (χ1) is 20.8. The van der Waals surface area contributed by atoms with Crippen LogP contribution in [0.3, 0.4) is 0 Å². The molecule has 0 radical (unpaired) electrons. The molecule has 0 aromatic heterocycles. The standard InChI is InChI=1S/C33H38F3IN2O5S/c1-17(2)23-14-24(18(3)4)31(45(42,43)44)28(19(5)6)21(23)11-12-33(41)15-39(16-33)32(40)22-8-9-25(34)29(36)30(22)38-27-10-7-20(37)13-26(27)35/h7-10,13-14,17-19,38,41H,11-12,15-16H2,1-6H3,(H,42,43,44). The van der Waals surface area contributed by atoms with Crippen molar-refractivity contribution in [1.29, 1.82) is 0 Å². The molecule has 3 aromatic rings. The van der Waals surface area contributed by atoms with Gasteiger partial charge in [-0.3, -0.25) is 9.35 Å². The van der Waals surface area contributed by atoms with Gasteiger partial charge in [-0.05, 0) is 106 Å². The number of aliphatic hydroxyl groups is 1. The lowest BCUT2D eigenvalue weighted by atomic mass is 9.79. The van der Waals surface area contributed by atoms with Crippen molar-refractivity contribution in [1.82, 2.24) is 4.90 Å². The van der Waals surface area contributed by atoms with Crippen molar-refractivity contribution in [2.45, 2.75) is 82.6 Å². The number of β-amino-alcohol motifs (C(OH)–C–C–N with tert-alkyl or cyclic N) is 1. The molecule has 0 bridgehead atoms. The molecule has 1 amide bonds. The maximum Gasteiger partial charge on any atom is 0.295 e. The topological polar surface area (TPSA) is 107 Å². The van der Waals surface area contributed by atoms with Crippen LogP contribution in [-0.4, -0.2) is 47.6 Å². The quantitative estimate of drug-likeness (QED) is 0.144. The zero-order valence-corrected chi connectivity index (χ0v) is 29.0. The molecule has 0 saturated carbocycles. The van der Waals surface area contributed by atoms with Gasteiger partial charge in [0.15, 0.2) is 11.6 Å². The Morgan fingerprint density at radius 1 is 0.956 bits per heavy atom. The lowest BCUT2D eigenvalue weighted by Crippen LogP contribution is -2.63. The maximum atomic E-state index is 14.9. The Bertz CT molecular complexity index is 1740. The van der Waals surface area contributed by atoms with Gasteiger partial charge in [-0.25, -0.2) is 13.2 Å². The van der Waals surface area contributed by atoms with Gasteiger partial charge in [-0.2, -0.15) is 8.42 Å². The largest absolute Gasteiger partial charge is 0.386 e. The van der Waals surface area contributed by atoms with Gasteiger partial charge in [0.2, 0.25) is 0 Å². The number of nitrogens with one attached hydrogen (secondary N) is 1. The highest BCUT2D eigenvalue weighted by Gasteiger charge is 2.44. The number of rotatable bonds is 10. The average molecular weight is 759 g/mol. The Balaban J connectivity index is 1.61. The predicted molar refractivity (Wildman–Crippen MR) is 176 cm³/mol. The summed E-state index contributed by atoms with van der Waals surface area (Å²) in [6.45, 7) is 11.2. The van der Waals surface area contributed by atoms with Crippen LogP contribution in [0.2, 0.25) is 0 Å². The van der Waals surface area contributed by atoms with E-state index in [1.165, 1.54) is 17.0 Å². The third-order valence-corrected chi connectivity index (χ3v) is 9.83. The highest BCUT2D eigenvalue weighted by Crippen LogP contribution is 2.41. The molecular weight excluding hydrogens is 720 g/mol. The van der Waals surface area contributed by atoms with Gasteiger partial charge in [0.25, 0.3) is 16.0 Å². The predicted octanol–water partition coefficient (Wildman–Crippen LogP) is 7.89. The van der Waals surface area contributed by atoms with E-state index in [0.29, 0.717) is 14.7 Å². The van der Waals surface area contributed by atoms with Crippen molar-refractivity contribution >= 4 is 50.0 Å². The Morgan fingerprint density at radius 3 is 2.11 bits per heavy atom. The number of hydrogen-bond donors (Lipinski definition) is 3. The second-order valence-electron chi connectivity index (χ2n) is 12.6. The number of hydrogen-bond acceptors (Lipinski definition) is 5. The number of carbonyl (C=O) groups excluding carboxylic acids is 1. The Kier molecular flexibility index (Phi) is 10.3. The summed E-state index contributed by atoms with van der Waals surface area (Å²) in [7, 11) is -4.56. The fourth-order valence-electron chi connectivity index (χ4n) is 5.96. The lowest BCUT2D eigenvalue weighted by molar-refractivity contribution is -0.0854. The first kappa shape index (κ1) is 35.2. The van der Waals surface area contributed by atoms with Crippen LogP contribution < -0.4 is 5.32 Å². The molecule has 1 heterocycles. The molecule has 244 valence electrons. The van der Waals surface area contributed by atoms with E-state index in [-0.39, 0.29) is 59.8 Å². The molecule has 12 heteroatoms. The first-order valence-electron chi connectivity index (χ1n) is 14.7. The second kappa shape index (κ2) is 13.2. The van der Waals surface area contributed by atoms with Crippen LogP contribution in [0.4, 0.5) is 24.5 Å². The molecule has 1 aliphatic rings. The van der Waals surface area contributed by atoms with Gasteiger partial charge in [-0.1, -0.05) is 47.6 Å². The number of halogens is 4. The zero-order valence-electron chi connectivity index (χ0n) is 26.0. The number of nitrogens with zero attached hydrogens (tertiary/aromatic N) is 1. The van der Waals surface area contributed by atoms with Gasteiger partial charge < -0.3 is 15.3 Å². The van der Waals surface area contributed by atoms with E-state index < -0.39 is 44.8 Å². The minimum atomic E-state index is -4.56. The number of amides is 1. The van der Waals surface area contributed by atoms with Crippen LogP contribution >= 0.6 is 22.6 Å². The molecule has 45 heavy (non-hydrogen) atoms. The van der Waals surface area contributed by atoms with Gasteiger partial charge in [0.05, 0.1) is 30.0 Å². The van der Waals surface area contributed by atoms with E-state index >= 15 is 0 Å². The minimum absolute atomic E-state index is 0.0248. The zero-order chi connectivity index (χ0) is 33.6. The van der Waals surface area contributed by atoms with Crippen molar-refractivity contribution in [2.24, 2.45) is 0 Å². The molecule has 1 fully saturated rings. The summed E-state index contributed by atoms with van der Waals surface area (Å²) < 4.78 is 79.8. The molecule has 0 spiro atoms. The monoisotopic (exact) mass is 758 g/mol. The van der Waals surface area contributed by atoms with Gasteiger partial charge in [0, 0.05) is 3.57 Å². The number of anilines is 2. The van der Waals surface area contributed by atoms with Crippen molar-refractivity contribution in [3.8, 4) is 0 Å². The van der Waals surface area contributed by atoms with E-state index in [0.717, 1.165) is 23.3 Å². The highest BCUT2D eigenvalue weighted by atomic mass is 127. The van der Waals surface area contributed by atoms with E-state index in [2.05, 4.69) is 5.32 Å². The molecule has 0 atom stereocenters. The normalized spacial score (nSPS) is 14.8. The summed E-state index contributed by atoms with van der Waals surface area (Å²) in [5.74, 6) is -4.32. The van der Waals surface area contributed by atoms with E-state index in [1.807, 2.05) is 70.2 Å². The summed E-state index contributed by atoms with van der Waals surface area (Å²) in [5.41, 5.74) is 0.512. The SMILES string of the molecule is CC(C)c1cc(C(C)C)c(S(=O)(=O)O)c(C(C)C)c1CCC1(O)CN(C(=O)c2ccc(F)c(F)c2Nc2ccc(I)cc2F)C1. The molecule has 3 N–H and O–H groups in total. The van der Waals surface area contributed by atoms with Crippen LogP contribution in [0.15, 0.2) is 41.3 Å². The molecule has 0 aliphatic carbocycles. The van der Waals surface area contributed by atoms with Gasteiger partial charge >= 0.3 is 0 Å². The fourth-order valence-corrected chi connectivity index (χ4v) is 7.64. The van der Waals surface area contributed by atoms with Gasteiger partial charge in [-0.15, -0.1) is 0 Å². The maximum absolute atomic E-state index is 14.9. The smallest absolute Gasteiger partial charge is 0.295 e. The lowest BCUT2D eigenvalue weighted by Gasteiger charge is -2.47. The second-order valence-corrected chi connectivity index (χ2v) is 15.2. The first-order valence-corrected chi connectivity index (χ1v) is 17.2. The van der Waals surface area contributed by atoms with E-state index in [4.69, 9.17) is 0 Å². The molecule has 3 aromatic carbocycles. The van der Waals surface area contributed by atoms with E-state index in [1.54, 1.807) is 6.07 Å². The molecule has 1 aliphatic heterocycles. The number of benzene rings is 3. The van der Waals surface area contributed by atoms with Crippen LogP contribution in [-0.2, 0) is 16.5 Å². The molecule has 7 nitrogen and oxygen atoms in total. The van der Waals surface area contributed by atoms with Crippen molar-refractivity contribution in [3.05, 3.63) is 85.2 Å².